The summed E-state index contributed by atoms with van der Waals surface area (Å²) in [6.07, 6.45) is 3.18. The first kappa shape index (κ1) is 14.7. The molecular formula is C16H21N5O. The van der Waals surface area contributed by atoms with E-state index in [2.05, 4.69) is 34.5 Å². The van der Waals surface area contributed by atoms with Crippen LogP contribution >= 0.6 is 0 Å². The molecule has 6 nitrogen and oxygen atoms in total. The van der Waals surface area contributed by atoms with Gasteiger partial charge in [-0.2, -0.15) is 5.10 Å². The molecule has 1 aromatic heterocycles. The molecule has 3 rings (SSSR count). The Morgan fingerprint density at radius 1 is 1.32 bits per heavy atom. The van der Waals surface area contributed by atoms with Crippen LogP contribution in [0.1, 0.15) is 37.2 Å². The highest BCUT2D eigenvalue weighted by atomic mass is 16.2. The van der Waals surface area contributed by atoms with E-state index < -0.39 is 0 Å². The van der Waals surface area contributed by atoms with Crippen LogP contribution in [0.5, 0.6) is 0 Å². The lowest BCUT2D eigenvalue weighted by molar-refractivity contribution is -0.117. The third-order valence-corrected chi connectivity index (χ3v) is 4.15. The van der Waals surface area contributed by atoms with E-state index in [1.165, 1.54) is 5.56 Å². The van der Waals surface area contributed by atoms with Crippen molar-refractivity contribution >= 4 is 11.6 Å². The molecule has 22 heavy (non-hydrogen) atoms. The minimum absolute atomic E-state index is 0.208. The zero-order chi connectivity index (χ0) is 15.5. The number of carbonyl (C=O) groups excluding carboxylic acids is 1. The molecule has 1 N–H and O–H groups in total. The van der Waals surface area contributed by atoms with Crippen LogP contribution in [-0.2, 0) is 18.4 Å². The first-order valence-corrected chi connectivity index (χ1v) is 7.62. The number of aryl methyl sites for hydroxylation is 1. The van der Waals surface area contributed by atoms with Gasteiger partial charge in [-0.1, -0.05) is 12.1 Å². The molecule has 0 aliphatic carbocycles. The van der Waals surface area contributed by atoms with Gasteiger partial charge in [0.15, 0.2) is 0 Å². The smallest absolute Gasteiger partial charge is 0.227 e. The van der Waals surface area contributed by atoms with E-state index in [4.69, 9.17) is 0 Å². The van der Waals surface area contributed by atoms with Crippen molar-refractivity contribution in [3.63, 3.8) is 0 Å². The molecule has 1 aromatic carbocycles. The molecule has 2 heterocycles. The van der Waals surface area contributed by atoms with Crippen molar-refractivity contribution < 1.29 is 4.79 Å². The Balaban J connectivity index is 1.62. The Hall–Kier alpha value is -2.21. The maximum absolute atomic E-state index is 11.8. The number of benzene rings is 1. The van der Waals surface area contributed by atoms with Crippen LogP contribution < -0.4 is 10.2 Å². The molecule has 1 amide bonds. The van der Waals surface area contributed by atoms with E-state index in [0.717, 1.165) is 24.5 Å². The topological polar surface area (TPSA) is 63.1 Å². The Kier molecular flexibility index (Phi) is 4.20. The highest BCUT2D eigenvalue weighted by Gasteiger charge is 2.21. The third kappa shape index (κ3) is 3.01. The molecule has 1 aliphatic heterocycles. The van der Waals surface area contributed by atoms with Gasteiger partial charge in [-0.05, 0) is 31.0 Å². The number of hydrogen-bond donors (Lipinski definition) is 1. The summed E-state index contributed by atoms with van der Waals surface area (Å²) in [7, 11) is 1.89. The van der Waals surface area contributed by atoms with Gasteiger partial charge in [0.05, 0.1) is 6.54 Å². The Bertz CT molecular complexity index is 649. The second-order valence-corrected chi connectivity index (χ2v) is 5.64. The summed E-state index contributed by atoms with van der Waals surface area (Å²) in [4.78, 5) is 17.8. The number of carbonyl (C=O) groups is 1. The molecule has 1 atom stereocenters. The summed E-state index contributed by atoms with van der Waals surface area (Å²) < 4.78 is 1.77. The van der Waals surface area contributed by atoms with Crippen molar-refractivity contribution in [2.45, 2.75) is 32.4 Å². The SMILES string of the molecule is C[C@@H](NCc1ncnn1C)c1ccc(N2CCCC2=O)cc1. The Morgan fingerprint density at radius 2 is 2.09 bits per heavy atom. The third-order valence-electron chi connectivity index (χ3n) is 4.15. The standard InChI is InChI=1S/C16H21N5O/c1-12(17-10-15-18-11-19-20(15)2)13-5-7-14(8-6-13)21-9-3-4-16(21)22/h5-8,11-12,17H,3-4,9-10H2,1-2H3/t12-/m1/s1. The van der Waals surface area contributed by atoms with Crippen LogP contribution in [0.3, 0.4) is 0 Å². The van der Waals surface area contributed by atoms with Crippen LogP contribution in [-0.4, -0.2) is 27.2 Å². The van der Waals surface area contributed by atoms with Crippen LogP contribution in [0.4, 0.5) is 5.69 Å². The highest BCUT2D eigenvalue weighted by molar-refractivity contribution is 5.95. The minimum Gasteiger partial charge on any atom is -0.312 e. The van der Waals surface area contributed by atoms with E-state index in [9.17, 15) is 4.79 Å². The summed E-state index contributed by atoms with van der Waals surface area (Å²) >= 11 is 0. The first-order chi connectivity index (χ1) is 10.6. The predicted molar refractivity (Wildman–Crippen MR) is 84.3 cm³/mol. The van der Waals surface area contributed by atoms with Gasteiger partial charge in [-0.25, -0.2) is 4.98 Å². The van der Waals surface area contributed by atoms with Crippen LogP contribution in [0, 0.1) is 0 Å². The number of rotatable bonds is 5. The average molecular weight is 299 g/mol. The Morgan fingerprint density at radius 3 is 2.68 bits per heavy atom. The van der Waals surface area contributed by atoms with Gasteiger partial charge < -0.3 is 10.2 Å². The lowest BCUT2D eigenvalue weighted by atomic mass is 10.1. The maximum atomic E-state index is 11.8. The molecule has 0 unspecified atom stereocenters. The van der Waals surface area contributed by atoms with E-state index in [-0.39, 0.29) is 11.9 Å². The molecule has 116 valence electrons. The maximum Gasteiger partial charge on any atom is 0.227 e. The highest BCUT2D eigenvalue weighted by Crippen LogP contribution is 2.23. The molecule has 0 bridgehead atoms. The molecule has 0 saturated carbocycles. The fourth-order valence-electron chi connectivity index (χ4n) is 2.71. The number of anilines is 1. The quantitative estimate of drug-likeness (QED) is 0.914. The van der Waals surface area contributed by atoms with E-state index in [0.29, 0.717) is 13.0 Å². The van der Waals surface area contributed by atoms with Gasteiger partial charge in [0.2, 0.25) is 5.91 Å². The second-order valence-electron chi connectivity index (χ2n) is 5.64. The molecule has 0 radical (unpaired) electrons. The average Bonchev–Trinajstić information content (AvgIpc) is 3.13. The number of nitrogens with zero attached hydrogens (tertiary/aromatic N) is 4. The van der Waals surface area contributed by atoms with Gasteiger partial charge >= 0.3 is 0 Å². The van der Waals surface area contributed by atoms with Crippen molar-refractivity contribution in [1.29, 1.82) is 0 Å². The number of aromatic nitrogens is 3. The van der Waals surface area contributed by atoms with Crippen molar-refractivity contribution in [3.05, 3.63) is 42.0 Å². The largest absolute Gasteiger partial charge is 0.312 e. The summed E-state index contributed by atoms with van der Waals surface area (Å²) in [6.45, 7) is 3.62. The van der Waals surface area contributed by atoms with Crippen LogP contribution in [0.15, 0.2) is 30.6 Å². The molecule has 6 heteroatoms. The fourth-order valence-corrected chi connectivity index (χ4v) is 2.71. The van der Waals surface area contributed by atoms with E-state index >= 15 is 0 Å². The molecule has 1 aliphatic rings. The summed E-state index contributed by atoms with van der Waals surface area (Å²) in [5.41, 5.74) is 2.18. The molecule has 1 fully saturated rings. The second kappa shape index (κ2) is 6.27. The monoisotopic (exact) mass is 299 g/mol. The van der Waals surface area contributed by atoms with Crippen molar-refractivity contribution in [2.75, 3.05) is 11.4 Å². The minimum atomic E-state index is 0.208. The van der Waals surface area contributed by atoms with E-state index in [1.807, 2.05) is 24.1 Å². The van der Waals surface area contributed by atoms with Gasteiger partial charge in [0, 0.05) is 31.7 Å². The van der Waals surface area contributed by atoms with Crippen LogP contribution in [0.2, 0.25) is 0 Å². The van der Waals surface area contributed by atoms with Gasteiger partial charge in [-0.15, -0.1) is 0 Å². The summed E-state index contributed by atoms with van der Waals surface area (Å²) in [5, 5.41) is 7.49. The lowest BCUT2D eigenvalue weighted by Crippen LogP contribution is -2.24. The van der Waals surface area contributed by atoms with Gasteiger partial charge in [-0.3, -0.25) is 9.48 Å². The Labute approximate surface area is 130 Å². The zero-order valence-electron chi connectivity index (χ0n) is 13.0. The zero-order valence-corrected chi connectivity index (χ0v) is 13.0. The summed E-state index contributed by atoms with van der Waals surface area (Å²) in [5.74, 6) is 1.13. The van der Waals surface area contributed by atoms with E-state index in [1.54, 1.807) is 11.0 Å². The molecular weight excluding hydrogens is 278 g/mol. The molecule has 1 saturated heterocycles. The predicted octanol–water partition coefficient (Wildman–Crippen LogP) is 1.79. The van der Waals surface area contributed by atoms with Gasteiger partial charge in [0.25, 0.3) is 0 Å². The van der Waals surface area contributed by atoms with Crippen LogP contribution in [0.25, 0.3) is 0 Å². The normalized spacial score (nSPS) is 16.3. The lowest BCUT2D eigenvalue weighted by Gasteiger charge is -2.18. The van der Waals surface area contributed by atoms with Crippen molar-refractivity contribution in [2.24, 2.45) is 7.05 Å². The van der Waals surface area contributed by atoms with Crippen molar-refractivity contribution in [3.8, 4) is 0 Å². The fraction of sp³-hybridized carbons (Fsp3) is 0.438. The molecule has 0 spiro atoms. The van der Waals surface area contributed by atoms with Crippen molar-refractivity contribution in [1.82, 2.24) is 20.1 Å². The number of amides is 1. The molecule has 2 aromatic rings. The number of hydrogen-bond acceptors (Lipinski definition) is 4. The first-order valence-electron chi connectivity index (χ1n) is 7.62. The van der Waals surface area contributed by atoms with Gasteiger partial charge in [0.1, 0.15) is 12.2 Å². The summed E-state index contributed by atoms with van der Waals surface area (Å²) in [6, 6.07) is 8.42. The number of nitrogens with one attached hydrogen (secondary N) is 1.